The van der Waals surface area contributed by atoms with Crippen molar-refractivity contribution in [1.29, 1.82) is 0 Å². The molecule has 4 heteroatoms. The molecule has 2 nitrogen and oxygen atoms in total. The predicted molar refractivity (Wildman–Crippen MR) is 42.5 cm³/mol. The highest BCUT2D eigenvalue weighted by molar-refractivity contribution is 5.77. The summed E-state index contributed by atoms with van der Waals surface area (Å²) in [5.74, 6) is -1.63. The minimum Gasteiger partial charge on any atom is -0.486 e. The normalized spacial score (nSPS) is 9.77. The molecule has 0 aliphatic rings. The van der Waals surface area contributed by atoms with E-state index in [1.54, 1.807) is 0 Å². The first-order valence-corrected chi connectivity index (χ1v) is 3.66. The maximum atomic E-state index is 12.5. The van der Waals surface area contributed by atoms with Crippen LogP contribution in [0.25, 0.3) is 0 Å². The second-order valence-corrected chi connectivity index (χ2v) is 2.60. The molecule has 0 amide bonds. The summed E-state index contributed by atoms with van der Waals surface area (Å²) in [7, 11) is 0. The minimum absolute atomic E-state index is 0.0210. The molecule has 70 valence electrons. The Balaban J connectivity index is 2.71. The van der Waals surface area contributed by atoms with Gasteiger partial charge in [0.15, 0.2) is 5.78 Å². The first-order valence-electron chi connectivity index (χ1n) is 3.66. The van der Waals surface area contributed by atoms with Crippen LogP contribution in [-0.4, -0.2) is 12.4 Å². The third-order valence-electron chi connectivity index (χ3n) is 1.28. The molecule has 0 heterocycles. The maximum Gasteiger partial charge on any atom is 0.167 e. The molecule has 0 radical (unpaired) electrons. The molecular formula is C9H8F2O2. The summed E-state index contributed by atoms with van der Waals surface area (Å²) in [6.45, 7) is 1.15. The SMILES string of the molecule is CC(=O)COc1cc(F)cc(F)c1. The summed E-state index contributed by atoms with van der Waals surface area (Å²) in [6.07, 6.45) is 0. The topological polar surface area (TPSA) is 26.3 Å². The van der Waals surface area contributed by atoms with E-state index in [0.29, 0.717) is 0 Å². The quantitative estimate of drug-likeness (QED) is 0.721. The Morgan fingerprint density at radius 2 is 1.85 bits per heavy atom. The van der Waals surface area contributed by atoms with Crippen LogP contribution in [0.5, 0.6) is 5.75 Å². The summed E-state index contributed by atoms with van der Waals surface area (Å²) in [5, 5.41) is 0. The third kappa shape index (κ3) is 3.19. The van der Waals surface area contributed by atoms with Crippen LogP contribution in [0.2, 0.25) is 0 Å². The van der Waals surface area contributed by atoms with Gasteiger partial charge in [-0.1, -0.05) is 0 Å². The zero-order valence-electron chi connectivity index (χ0n) is 7.01. The third-order valence-corrected chi connectivity index (χ3v) is 1.28. The predicted octanol–water partition coefficient (Wildman–Crippen LogP) is 1.93. The van der Waals surface area contributed by atoms with E-state index in [1.165, 1.54) is 6.92 Å². The van der Waals surface area contributed by atoms with E-state index in [1.807, 2.05) is 0 Å². The van der Waals surface area contributed by atoms with Gasteiger partial charge in [0.05, 0.1) is 0 Å². The van der Waals surface area contributed by atoms with Gasteiger partial charge < -0.3 is 4.74 Å². The lowest BCUT2D eigenvalue weighted by atomic mass is 10.3. The molecule has 0 aliphatic heterocycles. The van der Waals surface area contributed by atoms with Crippen molar-refractivity contribution in [3.63, 3.8) is 0 Å². The fourth-order valence-electron chi connectivity index (χ4n) is 0.797. The van der Waals surface area contributed by atoms with Crippen LogP contribution in [-0.2, 0) is 4.79 Å². The average molecular weight is 186 g/mol. The van der Waals surface area contributed by atoms with Gasteiger partial charge in [-0.2, -0.15) is 0 Å². The standard InChI is InChI=1S/C9H8F2O2/c1-6(12)5-13-9-3-7(10)2-8(11)4-9/h2-4H,5H2,1H3. The van der Waals surface area contributed by atoms with Crippen LogP contribution >= 0.6 is 0 Å². The molecule has 0 fully saturated rings. The molecule has 0 saturated carbocycles. The summed E-state index contributed by atoms with van der Waals surface area (Å²) in [5.41, 5.74) is 0. The van der Waals surface area contributed by atoms with E-state index < -0.39 is 11.6 Å². The second-order valence-electron chi connectivity index (χ2n) is 2.60. The number of ketones is 1. The van der Waals surface area contributed by atoms with Crippen molar-refractivity contribution < 1.29 is 18.3 Å². The molecule has 0 aromatic heterocycles. The van der Waals surface area contributed by atoms with Crippen molar-refractivity contribution >= 4 is 5.78 Å². The lowest BCUT2D eigenvalue weighted by Crippen LogP contribution is -2.06. The molecule has 0 saturated heterocycles. The molecule has 1 aromatic rings. The van der Waals surface area contributed by atoms with Crippen molar-refractivity contribution in [1.82, 2.24) is 0 Å². The molecule has 0 aliphatic carbocycles. The zero-order valence-corrected chi connectivity index (χ0v) is 7.01. The monoisotopic (exact) mass is 186 g/mol. The van der Waals surface area contributed by atoms with Gasteiger partial charge >= 0.3 is 0 Å². The summed E-state index contributed by atoms with van der Waals surface area (Å²) >= 11 is 0. The number of benzene rings is 1. The lowest BCUT2D eigenvalue weighted by Gasteiger charge is -2.03. The van der Waals surface area contributed by atoms with Gasteiger partial charge in [-0.15, -0.1) is 0 Å². The van der Waals surface area contributed by atoms with Crippen LogP contribution in [0, 0.1) is 11.6 Å². The summed E-state index contributed by atoms with van der Waals surface area (Å²) < 4.78 is 29.9. The van der Waals surface area contributed by atoms with E-state index >= 15 is 0 Å². The van der Waals surface area contributed by atoms with Gasteiger partial charge in [-0.05, 0) is 6.92 Å². The number of ether oxygens (including phenoxy) is 1. The number of carbonyl (C=O) groups excluding carboxylic acids is 1. The van der Waals surface area contributed by atoms with Crippen molar-refractivity contribution in [3.8, 4) is 5.75 Å². The fourth-order valence-corrected chi connectivity index (χ4v) is 0.797. The van der Waals surface area contributed by atoms with E-state index in [-0.39, 0.29) is 18.1 Å². The van der Waals surface area contributed by atoms with E-state index in [0.717, 1.165) is 18.2 Å². The molecule has 0 N–H and O–H groups in total. The number of halogens is 2. The Morgan fingerprint density at radius 3 is 2.31 bits per heavy atom. The van der Waals surface area contributed by atoms with Gasteiger partial charge in [0, 0.05) is 18.2 Å². The largest absolute Gasteiger partial charge is 0.486 e. The Labute approximate surface area is 74.1 Å². The molecule has 0 bridgehead atoms. The van der Waals surface area contributed by atoms with Crippen molar-refractivity contribution in [2.45, 2.75) is 6.92 Å². The molecule has 0 atom stereocenters. The molecule has 0 unspecified atom stereocenters. The van der Waals surface area contributed by atoms with Gasteiger partial charge in [0.2, 0.25) is 0 Å². The summed E-state index contributed by atoms with van der Waals surface area (Å²) in [4.78, 5) is 10.5. The first-order chi connectivity index (χ1) is 6.08. The van der Waals surface area contributed by atoms with Gasteiger partial charge in [-0.25, -0.2) is 8.78 Å². The van der Waals surface area contributed by atoms with Crippen molar-refractivity contribution in [2.75, 3.05) is 6.61 Å². The first kappa shape index (κ1) is 9.64. The summed E-state index contributed by atoms with van der Waals surface area (Å²) in [6, 6.07) is 2.78. The second kappa shape index (κ2) is 3.98. The lowest BCUT2D eigenvalue weighted by molar-refractivity contribution is -0.118. The molecular weight excluding hydrogens is 178 g/mol. The van der Waals surface area contributed by atoms with Gasteiger partial charge in [0.1, 0.15) is 24.0 Å². The van der Waals surface area contributed by atoms with Crippen LogP contribution in [0.3, 0.4) is 0 Å². The van der Waals surface area contributed by atoms with E-state index in [9.17, 15) is 13.6 Å². The maximum absolute atomic E-state index is 12.5. The minimum atomic E-state index is -0.724. The number of rotatable bonds is 3. The van der Waals surface area contributed by atoms with Crippen LogP contribution < -0.4 is 4.74 Å². The van der Waals surface area contributed by atoms with Gasteiger partial charge in [0.25, 0.3) is 0 Å². The Morgan fingerprint density at radius 1 is 1.31 bits per heavy atom. The Bertz CT molecular complexity index is 303. The highest BCUT2D eigenvalue weighted by Crippen LogP contribution is 2.14. The molecule has 1 rings (SSSR count). The zero-order chi connectivity index (χ0) is 9.84. The molecule has 0 spiro atoms. The van der Waals surface area contributed by atoms with E-state index in [2.05, 4.69) is 0 Å². The highest BCUT2D eigenvalue weighted by Gasteiger charge is 2.02. The smallest absolute Gasteiger partial charge is 0.167 e. The van der Waals surface area contributed by atoms with Crippen molar-refractivity contribution in [2.24, 2.45) is 0 Å². The number of hydrogen-bond acceptors (Lipinski definition) is 2. The Hall–Kier alpha value is -1.45. The van der Waals surface area contributed by atoms with Crippen molar-refractivity contribution in [3.05, 3.63) is 29.8 Å². The van der Waals surface area contributed by atoms with Crippen LogP contribution in [0.15, 0.2) is 18.2 Å². The number of Topliss-reactive ketones (excluding diaryl/α,β-unsaturated/α-hetero) is 1. The number of hydrogen-bond donors (Lipinski definition) is 0. The Kier molecular flexibility index (Phi) is 2.95. The fraction of sp³-hybridized carbons (Fsp3) is 0.222. The van der Waals surface area contributed by atoms with Gasteiger partial charge in [-0.3, -0.25) is 4.79 Å². The highest BCUT2D eigenvalue weighted by atomic mass is 19.1. The van der Waals surface area contributed by atoms with E-state index in [4.69, 9.17) is 4.74 Å². The number of carbonyl (C=O) groups is 1. The van der Waals surface area contributed by atoms with Crippen LogP contribution in [0.4, 0.5) is 8.78 Å². The molecule has 1 aromatic carbocycles. The van der Waals surface area contributed by atoms with Crippen LogP contribution in [0.1, 0.15) is 6.92 Å². The molecule has 13 heavy (non-hydrogen) atoms. The average Bonchev–Trinajstić information content (AvgIpc) is 1.99.